The van der Waals surface area contributed by atoms with E-state index in [9.17, 15) is 0 Å². The number of piperazine rings is 1. The summed E-state index contributed by atoms with van der Waals surface area (Å²) in [5.74, 6) is 1.55. The maximum absolute atomic E-state index is 5.90. The number of anilines is 2. The van der Waals surface area contributed by atoms with E-state index in [-0.39, 0.29) is 0 Å². The predicted octanol–water partition coefficient (Wildman–Crippen LogP) is 2.13. The predicted molar refractivity (Wildman–Crippen MR) is 85.9 cm³/mol. The maximum Gasteiger partial charge on any atom is 0.239 e. The molecular formula is C16H26N4O. The standard InChI is InChI=1S/C16H26N4O/c1-2-21-16-14(17)7-8-15(18-16)20-11-9-19(10-12-20)13-5-3-4-6-13/h7-8,13H,2-6,9-12,17H2,1H3. The van der Waals surface area contributed by atoms with Crippen LogP contribution in [-0.4, -0.2) is 48.7 Å². The molecule has 0 spiro atoms. The lowest BCUT2D eigenvalue weighted by molar-refractivity contribution is 0.187. The summed E-state index contributed by atoms with van der Waals surface area (Å²) in [6.07, 6.45) is 5.58. The van der Waals surface area contributed by atoms with Gasteiger partial charge in [0.15, 0.2) is 0 Å². The van der Waals surface area contributed by atoms with Gasteiger partial charge in [-0.25, -0.2) is 0 Å². The molecule has 2 aliphatic rings. The number of rotatable bonds is 4. The van der Waals surface area contributed by atoms with Crippen molar-refractivity contribution in [3.8, 4) is 5.88 Å². The second-order valence-electron chi connectivity index (χ2n) is 5.96. The van der Waals surface area contributed by atoms with Crippen LogP contribution < -0.4 is 15.4 Å². The van der Waals surface area contributed by atoms with Crippen LogP contribution in [0.4, 0.5) is 11.5 Å². The van der Waals surface area contributed by atoms with Crippen LogP contribution in [0.3, 0.4) is 0 Å². The van der Waals surface area contributed by atoms with E-state index in [1.54, 1.807) is 0 Å². The van der Waals surface area contributed by atoms with Gasteiger partial charge in [-0.2, -0.15) is 4.98 Å². The Bertz CT molecular complexity index is 465. The highest BCUT2D eigenvalue weighted by atomic mass is 16.5. The average molecular weight is 290 g/mol. The zero-order chi connectivity index (χ0) is 14.7. The van der Waals surface area contributed by atoms with E-state index in [4.69, 9.17) is 10.5 Å². The van der Waals surface area contributed by atoms with Gasteiger partial charge in [0.05, 0.1) is 12.3 Å². The molecular weight excluding hydrogens is 264 g/mol. The van der Waals surface area contributed by atoms with Crippen LogP contribution in [0.15, 0.2) is 12.1 Å². The van der Waals surface area contributed by atoms with Crippen LogP contribution in [0.25, 0.3) is 0 Å². The second kappa shape index (κ2) is 6.52. The van der Waals surface area contributed by atoms with Crippen molar-refractivity contribution < 1.29 is 4.74 Å². The van der Waals surface area contributed by atoms with Crippen LogP contribution in [0, 0.1) is 0 Å². The van der Waals surface area contributed by atoms with Crippen molar-refractivity contribution in [1.82, 2.24) is 9.88 Å². The van der Waals surface area contributed by atoms with Gasteiger partial charge in [-0.15, -0.1) is 0 Å². The molecule has 1 aliphatic heterocycles. The third-order valence-electron chi connectivity index (χ3n) is 4.64. The molecule has 1 aromatic heterocycles. The minimum atomic E-state index is 0.563. The van der Waals surface area contributed by atoms with E-state index in [0.29, 0.717) is 18.2 Å². The lowest BCUT2D eigenvalue weighted by atomic mass is 10.2. The first-order valence-electron chi connectivity index (χ1n) is 8.16. The molecule has 0 radical (unpaired) electrons. The molecule has 21 heavy (non-hydrogen) atoms. The Morgan fingerprint density at radius 2 is 1.90 bits per heavy atom. The number of pyridine rings is 1. The Hall–Kier alpha value is -1.49. The van der Waals surface area contributed by atoms with Crippen LogP contribution in [0.5, 0.6) is 5.88 Å². The number of aromatic nitrogens is 1. The molecule has 116 valence electrons. The summed E-state index contributed by atoms with van der Waals surface area (Å²) in [6.45, 7) is 6.91. The molecule has 0 atom stereocenters. The summed E-state index contributed by atoms with van der Waals surface area (Å²) in [4.78, 5) is 9.57. The monoisotopic (exact) mass is 290 g/mol. The zero-order valence-corrected chi connectivity index (χ0v) is 12.9. The Labute approximate surface area is 127 Å². The van der Waals surface area contributed by atoms with Crippen molar-refractivity contribution in [3.63, 3.8) is 0 Å². The van der Waals surface area contributed by atoms with E-state index in [1.807, 2.05) is 19.1 Å². The molecule has 1 aliphatic carbocycles. The molecule has 1 saturated heterocycles. The summed E-state index contributed by atoms with van der Waals surface area (Å²) in [7, 11) is 0. The molecule has 2 fully saturated rings. The lowest BCUT2D eigenvalue weighted by Crippen LogP contribution is -2.50. The van der Waals surface area contributed by atoms with E-state index in [2.05, 4.69) is 14.8 Å². The van der Waals surface area contributed by atoms with Crippen LogP contribution in [0.1, 0.15) is 32.6 Å². The Morgan fingerprint density at radius 1 is 1.19 bits per heavy atom. The number of nitrogens with zero attached hydrogens (tertiary/aromatic N) is 3. The van der Waals surface area contributed by atoms with E-state index in [0.717, 1.165) is 38.0 Å². The molecule has 3 rings (SSSR count). The van der Waals surface area contributed by atoms with Gasteiger partial charge in [-0.05, 0) is 31.9 Å². The summed E-state index contributed by atoms with van der Waals surface area (Å²) in [6, 6.07) is 4.73. The summed E-state index contributed by atoms with van der Waals surface area (Å²) < 4.78 is 5.50. The van der Waals surface area contributed by atoms with Gasteiger partial charge in [-0.3, -0.25) is 4.90 Å². The fourth-order valence-electron chi connectivity index (χ4n) is 3.46. The smallest absolute Gasteiger partial charge is 0.239 e. The van der Waals surface area contributed by atoms with E-state index >= 15 is 0 Å². The number of hydrogen-bond acceptors (Lipinski definition) is 5. The van der Waals surface area contributed by atoms with Crippen LogP contribution in [-0.2, 0) is 0 Å². The van der Waals surface area contributed by atoms with Gasteiger partial charge in [0, 0.05) is 32.2 Å². The van der Waals surface area contributed by atoms with Gasteiger partial charge in [0.2, 0.25) is 5.88 Å². The van der Waals surface area contributed by atoms with Crippen molar-refractivity contribution in [1.29, 1.82) is 0 Å². The Balaban J connectivity index is 1.62. The highest BCUT2D eigenvalue weighted by Crippen LogP contribution is 2.27. The molecule has 5 heteroatoms. The lowest BCUT2D eigenvalue weighted by Gasteiger charge is -2.38. The molecule has 2 N–H and O–H groups in total. The molecule has 0 unspecified atom stereocenters. The number of ether oxygens (including phenoxy) is 1. The summed E-state index contributed by atoms with van der Waals surface area (Å²) in [5, 5.41) is 0. The van der Waals surface area contributed by atoms with Gasteiger partial charge in [0.1, 0.15) is 5.82 Å². The topological polar surface area (TPSA) is 54.6 Å². The van der Waals surface area contributed by atoms with Crippen molar-refractivity contribution in [3.05, 3.63) is 12.1 Å². The SMILES string of the molecule is CCOc1nc(N2CCN(C3CCCC3)CC2)ccc1N. The molecule has 0 aromatic carbocycles. The first-order chi connectivity index (χ1) is 10.3. The normalized spacial score (nSPS) is 20.9. The molecule has 5 nitrogen and oxygen atoms in total. The number of nitrogen functional groups attached to an aromatic ring is 1. The molecule has 0 bridgehead atoms. The van der Waals surface area contributed by atoms with E-state index < -0.39 is 0 Å². The third-order valence-corrected chi connectivity index (χ3v) is 4.64. The van der Waals surface area contributed by atoms with Gasteiger partial charge < -0.3 is 15.4 Å². The molecule has 1 saturated carbocycles. The first-order valence-corrected chi connectivity index (χ1v) is 8.16. The van der Waals surface area contributed by atoms with Crippen molar-refractivity contribution in [2.45, 2.75) is 38.6 Å². The van der Waals surface area contributed by atoms with Crippen molar-refractivity contribution >= 4 is 11.5 Å². The van der Waals surface area contributed by atoms with E-state index in [1.165, 1.54) is 25.7 Å². The fourth-order valence-corrected chi connectivity index (χ4v) is 3.46. The van der Waals surface area contributed by atoms with Gasteiger partial charge in [-0.1, -0.05) is 12.8 Å². The highest BCUT2D eigenvalue weighted by molar-refractivity contribution is 5.54. The number of hydrogen-bond donors (Lipinski definition) is 1. The van der Waals surface area contributed by atoms with Gasteiger partial charge in [0.25, 0.3) is 0 Å². The fraction of sp³-hybridized carbons (Fsp3) is 0.688. The average Bonchev–Trinajstić information content (AvgIpc) is 3.04. The largest absolute Gasteiger partial charge is 0.476 e. The molecule has 0 amide bonds. The Kier molecular flexibility index (Phi) is 4.48. The van der Waals surface area contributed by atoms with Crippen LogP contribution >= 0.6 is 0 Å². The molecule has 1 aromatic rings. The zero-order valence-electron chi connectivity index (χ0n) is 12.9. The third kappa shape index (κ3) is 3.23. The maximum atomic E-state index is 5.90. The highest BCUT2D eigenvalue weighted by Gasteiger charge is 2.26. The quantitative estimate of drug-likeness (QED) is 0.920. The summed E-state index contributed by atoms with van der Waals surface area (Å²) in [5.41, 5.74) is 6.51. The first kappa shape index (κ1) is 14.4. The van der Waals surface area contributed by atoms with Crippen molar-refractivity contribution in [2.24, 2.45) is 0 Å². The molecule has 2 heterocycles. The minimum absolute atomic E-state index is 0.563. The van der Waals surface area contributed by atoms with Crippen LogP contribution in [0.2, 0.25) is 0 Å². The van der Waals surface area contributed by atoms with Crippen molar-refractivity contribution in [2.75, 3.05) is 43.4 Å². The van der Waals surface area contributed by atoms with Gasteiger partial charge >= 0.3 is 0 Å². The Morgan fingerprint density at radius 3 is 2.57 bits per heavy atom. The minimum Gasteiger partial charge on any atom is -0.476 e. The number of nitrogens with two attached hydrogens (primary N) is 1. The second-order valence-corrected chi connectivity index (χ2v) is 5.96. The summed E-state index contributed by atoms with van der Waals surface area (Å²) >= 11 is 0.